The molecule has 17 heavy (non-hydrogen) atoms. The Balaban J connectivity index is 2.17. The number of nitrogens with one attached hydrogen (secondary N) is 1. The van der Waals surface area contributed by atoms with Gasteiger partial charge >= 0.3 is 0 Å². The van der Waals surface area contributed by atoms with Gasteiger partial charge in [-0.3, -0.25) is 0 Å². The van der Waals surface area contributed by atoms with Crippen LogP contribution in [0.25, 0.3) is 6.08 Å². The molecule has 0 aliphatic heterocycles. The fraction of sp³-hybridized carbons (Fsp3) is 0.429. The molecule has 1 aromatic carbocycles. The molecule has 1 aromatic rings. The van der Waals surface area contributed by atoms with Gasteiger partial charge in [-0.1, -0.05) is 42.0 Å². The van der Waals surface area contributed by atoms with Crippen LogP contribution in [-0.2, 0) is 4.74 Å². The Bertz CT molecular complexity index is 322. The number of aliphatic hydroxyl groups excluding tert-OH is 1. The largest absolute Gasteiger partial charge is 0.394 e. The van der Waals surface area contributed by atoms with Gasteiger partial charge in [0.25, 0.3) is 0 Å². The molecule has 3 heteroatoms. The highest BCUT2D eigenvalue weighted by Gasteiger charge is 1.92. The Hall–Kier alpha value is -1.16. The highest BCUT2D eigenvalue weighted by Crippen LogP contribution is 2.04. The molecule has 0 aliphatic carbocycles. The van der Waals surface area contributed by atoms with Crippen molar-refractivity contribution in [2.45, 2.75) is 6.92 Å². The first-order chi connectivity index (χ1) is 8.33. The quantitative estimate of drug-likeness (QED) is 0.674. The van der Waals surface area contributed by atoms with Crippen molar-refractivity contribution in [1.82, 2.24) is 5.32 Å². The van der Waals surface area contributed by atoms with Crippen molar-refractivity contribution in [1.29, 1.82) is 0 Å². The Morgan fingerprint density at radius 3 is 2.76 bits per heavy atom. The lowest BCUT2D eigenvalue weighted by molar-refractivity contribution is 0.0943. The van der Waals surface area contributed by atoms with Crippen LogP contribution in [0.5, 0.6) is 0 Å². The summed E-state index contributed by atoms with van der Waals surface area (Å²) >= 11 is 0. The molecule has 0 fully saturated rings. The summed E-state index contributed by atoms with van der Waals surface area (Å²) in [5, 5.41) is 11.8. The minimum atomic E-state index is 0.0902. The lowest BCUT2D eigenvalue weighted by Gasteiger charge is -2.05. The van der Waals surface area contributed by atoms with Crippen molar-refractivity contribution in [3.8, 4) is 0 Å². The highest BCUT2D eigenvalue weighted by atomic mass is 16.5. The van der Waals surface area contributed by atoms with Gasteiger partial charge < -0.3 is 15.2 Å². The van der Waals surface area contributed by atoms with Gasteiger partial charge in [-0.25, -0.2) is 0 Å². The first-order valence-corrected chi connectivity index (χ1v) is 5.94. The van der Waals surface area contributed by atoms with Crippen molar-refractivity contribution in [3.63, 3.8) is 0 Å². The van der Waals surface area contributed by atoms with E-state index in [0.29, 0.717) is 13.2 Å². The van der Waals surface area contributed by atoms with Crippen LogP contribution < -0.4 is 5.32 Å². The Labute approximate surface area is 103 Å². The molecule has 2 N–H and O–H groups in total. The summed E-state index contributed by atoms with van der Waals surface area (Å²) in [4.78, 5) is 0. The van der Waals surface area contributed by atoms with Gasteiger partial charge in [0.2, 0.25) is 0 Å². The summed E-state index contributed by atoms with van der Waals surface area (Å²) in [5.41, 5.74) is 2.52. The molecule has 3 nitrogen and oxygen atoms in total. The fourth-order valence-electron chi connectivity index (χ4n) is 1.48. The van der Waals surface area contributed by atoms with E-state index in [4.69, 9.17) is 9.84 Å². The van der Waals surface area contributed by atoms with Crippen molar-refractivity contribution in [2.75, 3.05) is 32.9 Å². The number of hydrogen-bond donors (Lipinski definition) is 2. The van der Waals surface area contributed by atoms with Crippen LogP contribution in [0.2, 0.25) is 0 Å². The van der Waals surface area contributed by atoms with Crippen molar-refractivity contribution in [2.24, 2.45) is 0 Å². The Morgan fingerprint density at radius 2 is 2.06 bits per heavy atom. The van der Waals surface area contributed by atoms with Gasteiger partial charge in [-0.2, -0.15) is 0 Å². The molecule has 0 aliphatic rings. The fourth-order valence-corrected chi connectivity index (χ4v) is 1.48. The highest BCUT2D eigenvalue weighted by molar-refractivity contribution is 5.52. The number of hydrogen-bond acceptors (Lipinski definition) is 3. The SMILES string of the molecule is C/C(=C/c1ccccc1)CNCCOCCO. The number of rotatable bonds is 8. The Morgan fingerprint density at radius 1 is 1.29 bits per heavy atom. The van der Waals surface area contributed by atoms with E-state index >= 15 is 0 Å². The maximum atomic E-state index is 8.52. The second-order valence-electron chi connectivity index (χ2n) is 3.91. The number of ether oxygens (including phenoxy) is 1. The molecule has 0 radical (unpaired) electrons. The molecule has 1 rings (SSSR count). The molecule has 0 atom stereocenters. The van der Waals surface area contributed by atoms with Crippen LogP contribution in [0.15, 0.2) is 35.9 Å². The summed E-state index contributed by atoms with van der Waals surface area (Å²) in [6, 6.07) is 10.3. The van der Waals surface area contributed by atoms with E-state index in [2.05, 4.69) is 30.4 Å². The maximum absolute atomic E-state index is 8.52. The standard InChI is InChI=1S/C14H21NO2/c1-13(11-14-5-3-2-4-6-14)12-15-7-9-17-10-8-16/h2-6,11,15-16H,7-10,12H2,1H3/b13-11-. The predicted molar refractivity (Wildman–Crippen MR) is 70.9 cm³/mol. The van der Waals surface area contributed by atoms with Crippen LogP contribution in [-0.4, -0.2) is 38.0 Å². The first kappa shape index (κ1) is 13.9. The summed E-state index contributed by atoms with van der Waals surface area (Å²) in [6.07, 6.45) is 2.17. The van der Waals surface area contributed by atoms with E-state index in [-0.39, 0.29) is 6.61 Å². The van der Waals surface area contributed by atoms with Gasteiger partial charge in [0, 0.05) is 13.1 Å². The summed E-state index contributed by atoms with van der Waals surface area (Å²) in [5.74, 6) is 0. The molecule has 0 aromatic heterocycles. The molecule has 0 amide bonds. The van der Waals surface area contributed by atoms with Crippen molar-refractivity contribution in [3.05, 3.63) is 41.5 Å². The molecule has 0 saturated carbocycles. The Kier molecular flexibility index (Phi) is 7.30. The van der Waals surface area contributed by atoms with Crippen LogP contribution in [0.3, 0.4) is 0 Å². The molecule has 0 spiro atoms. The zero-order chi connectivity index (χ0) is 12.3. The normalized spacial score (nSPS) is 11.8. The van der Waals surface area contributed by atoms with Crippen LogP contribution in [0.1, 0.15) is 12.5 Å². The molecule has 0 bridgehead atoms. The van der Waals surface area contributed by atoms with Gasteiger partial charge in [0.1, 0.15) is 0 Å². The third kappa shape index (κ3) is 6.89. The molecule has 0 heterocycles. The van der Waals surface area contributed by atoms with Gasteiger partial charge in [-0.05, 0) is 12.5 Å². The lowest BCUT2D eigenvalue weighted by Crippen LogP contribution is -2.22. The second kappa shape index (κ2) is 8.93. The molecule has 0 saturated heterocycles. The minimum absolute atomic E-state index is 0.0902. The van der Waals surface area contributed by atoms with E-state index in [1.165, 1.54) is 11.1 Å². The second-order valence-corrected chi connectivity index (χ2v) is 3.91. The van der Waals surface area contributed by atoms with E-state index in [9.17, 15) is 0 Å². The minimum Gasteiger partial charge on any atom is -0.394 e. The summed E-state index contributed by atoms with van der Waals surface area (Å²) in [7, 11) is 0. The van der Waals surface area contributed by atoms with E-state index in [0.717, 1.165) is 13.1 Å². The maximum Gasteiger partial charge on any atom is 0.0698 e. The van der Waals surface area contributed by atoms with E-state index in [1.54, 1.807) is 0 Å². The number of aliphatic hydroxyl groups is 1. The van der Waals surface area contributed by atoms with Crippen LogP contribution in [0, 0.1) is 0 Å². The average molecular weight is 235 g/mol. The monoisotopic (exact) mass is 235 g/mol. The van der Waals surface area contributed by atoms with Crippen molar-refractivity contribution >= 4 is 6.08 Å². The lowest BCUT2D eigenvalue weighted by atomic mass is 10.1. The van der Waals surface area contributed by atoms with E-state index < -0.39 is 0 Å². The smallest absolute Gasteiger partial charge is 0.0698 e. The average Bonchev–Trinajstić information content (AvgIpc) is 2.35. The third-order valence-electron chi connectivity index (χ3n) is 2.28. The van der Waals surface area contributed by atoms with Crippen molar-refractivity contribution < 1.29 is 9.84 Å². The molecule has 0 unspecified atom stereocenters. The number of benzene rings is 1. The van der Waals surface area contributed by atoms with E-state index in [1.807, 2.05) is 18.2 Å². The van der Waals surface area contributed by atoms with Gasteiger partial charge in [0.05, 0.1) is 19.8 Å². The zero-order valence-corrected chi connectivity index (χ0v) is 10.4. The molecular formula is C14H21NO2. The summed E-state index contributed by atoms with van der Waals surface area (Å²) < 4.78 is 5.15. The molecular weight excluding hydrogens is 214 g/mol. The predicted octanol–water partition coefficient (Wildman–Crippen LogP) is 1.69. The zero-order valence-electron chi connectivity index (χ0n) is 10.4. The van der Waals surface area contributed by atoms with Crippen LogP contribution >= 0.6 is 0 Å². The first-order valence-electron chi connectivity index (χ1n) is 5.94. The molecule has 94 valence electrons. The topological polar surface area (TPSA) is 41.5 Å². The van der Waals surface area contributed by atoms with Crippen LogP contribution in [0.4, 0.5) is 0 Å². The third-order valence-corrected chi connectivity index (χ3v) is 2.28. The summed E-state index contributed by atoms with van der Waals surface area (Å²) in [6.45, 7) is 4.92. The van der Waals surface area contributed by atoms with Gasteiger partial charge in [0.15, 0.2) is 0 Å². The van der Waals surface area contributed by atoms with Gasteiger partial charge in [-0.15, -0.1) is 0 Å².